The van der Waals surface area contributed by atoms with Gasteiger partial charge in [0.25, 0.3) is 5.69 Å². The first kappa shape index (κ1) is 23.6. The van der Waals surface area contributed by atoms with Gasteiger partial charge in [0.1, 0.15) is 0 Å². The molecule has 1 heterocycles. The smallest absolute Gasteiger partial charge is 0.316 e. The maximum absolute atomic E-state index is 12.2. The number of amides is 2. The number of carbonyl (C=O) groups is 2. The molecule has 0 aliphatic rings. The van der Waals surface area contributed by atoms with E-state index in [1.54, 1.807) is 0 Å². The average Bonchev–Trinajstić information content (AvgIpc) is 3.27. The largest absolute Gasteiger partial charge is 0.354 e. The Balaban J connectivity index is 1.44. The first-order chi connectivity index (χ1) is 15.6. The van der Waals surface area contributed by atoms with E-state index in [1.165, 1.54) is 29.8 Å². The summed E-state index contributed by atoms with van der Waals surface area (Å²) in [6, 6.07) is 13.5. The van der Waals surface area contributed by atoms with Gasteiger partial charge in [-0.15, -0.1) is 0 Å². The molecule has 0 unspecified atom stereocenters. The van der Waals surface area contributed by atoms with Gasteiger partial charge in [-0.3, -0.25) is 19.7 Å². The number of hydrogen-bond donors (Lipinski definition) is 2. The van der Waals surface area contributed by atoms with Gasteiger partial charge in [-0.25, -0.2) is 0 Å². The van der Waals surface area contributed by atoms with Gasteiger partial charge in [-0.2, -0.15) is 4.98 Å². The number of aromatic nitrogens is 2. The summed E-state index contributed by atoms with van der Waals surface area (Å²) in [6.45, 7) is 6.74. The van der Waals surface area contributed by atoms with Gasteiger partial charge in [0, 0.05) is 30.8 Å². The molecular weight excluding hydrogens is 426 g/mol. The Labute approximate surface area is 190 Å². The van der Waals surface area contributed by atoms with Gasteiger partial charge >= 0.3 is 11.8 Å². The number of benzene rings is 2. The fraction of sp³-hybridized carbons (Fsp3) is 0.304. The molecule has 0 aliphatic heterocycles. The van der Waals surface area contributed by atoms with Crippen LogP contribution in [0.25, 0.3) is 11.4 Å². The molecule has 2 aromatic carbocycles. The highest BCUT2D eigenvalue weighted by molar-refractivity contribution is 5.90. The monoisotopic (exact) mass is 451 g/mol. The molecule has 0 atom stereocenters. The van der Waals surface area contributed by atoms with E-state index >= 15 is 0 Å². The van der Waals surface area contributed by atoms with Crippen molar-refractivity contribution in [2.24, 2.45) is 0 Å². The predicted molar refractivity (Wildman–Crippen MR) is 121 cm³/mol. The van der Waals surface area contributed by atoms with Crippen molar-refractivity contribution in [2.75, 3.05) is 13.1 Å². The maximum Gasteiger partial charge on any atom is 0.316 e. The SMILES string of the molecule is CC(C)(C)c1ccc(-c2noc(C(=O)NCCNC(=O)Cc3ccc([N+](=O)[O-])cc3)n2)cc1. The highest BCUT2D eigenvalue weighted by Crippen LogP contribution is 2.25. The van der Waals surface area contributed by atoms with Gasteiger partial charge in [0.05, 0.1) is 11.3 Å². The van der Waals surface area contributed by atoms with Crippen molar-refractivity contribution in [2.45, 2.75) is 32.6 Å². The van der Waals surface area contributed by atoms with Gasteiger partial charge in [-0.1, -0.05) is 62.3 Å². The first-order valence-corrected chi connectivity index (χ1v) is 10.4. The van der Waals surface area contributed by atoms with E-state index in [0.29, 0.717) is 11.4 Å². The van der Waals surface area contributed by atoms with E-state index in [9.17, 15) is 19.7 Å². The van der Waals surface area contributed by atoms with Crippen LogP contribution in [0.2, 0.25) is 0 Å². The Morgan fingerprint density at radius 1 is 1.00 bits per heavy atom. The first-order valence-electron chi connectivity index (χ1n) is 10.4. The van der Waals surface area contributed by atoms with Crippen molar-refractivity contribution < 1.29 is 19.0 Å². The number of nitro benzene ring substituents is 1. The van der Waals surface area contributed by atoms with Gasteiger partial charge in [0.2, 0.25) is 11.7 Å². The van der Waals surface area contributed by atoms with E-state index < -0.39 is 10.8 Å². The van der Waals surface area contributed by atoms with Crippen LogP contribution < -0.4 is 10.6 Å². The molecule has 0 spiro atoms. The second-order valence-corrected chi connectivity index (χ2v) is 8.46. The molecule has 33 heavy (non-hydrogen) atoms. The number of carbonyl (C=O) groups excluding carboxylic acids is 2. The third-order valence-electron chi connectivity index (χ3n) is 4.87. The zero-order valence-corrected chi connectivity index (χ0v) is 18.6. The molecule has 10 heteroatoms. The van der Waals surface area contributed by atoms with Gasteiger partial charge < -0.3 is 15.2 Å². The topological polar surface area (TPSA) is 140 Å². The van der Waals surface area contributed by atoms with E-state index in [0.717, 1.165) is 5.56 Å². The molecule has 2 N–H and O–H groups in total. The van der Waals surface area contributed by atoms with Crippen LogP contribution in [0.3, 0.4) is 0 Å². The van der Waals surface area contributed by atoms with E-state index in [-0.39, 0.29) is 42.4 Å². The molecule has 1 aromatic heterocycles. The van der Waals surface area contributed by atoms with Crippen molar-refractivity contribution in [3.63, 3.8) is 0 Å². The van der Waals surface area contributed by atoms with Crippen molar-refractivity contribution in [1.82, 2.24) is 20.8 Å². The van der Waals surface area contributed by atoms with Crippen LogP contribution in [0.1, 0.15) is 42.6 Å². The van der Waals surface area contributed by atoms with Crippen LogP contribution >= 0.6 is 0 Å². The highest BCUT2D eigenvalue weighted by Gasteiger charge is 2.17. The van der Waals surface area contributed by atoms with Crippen LogP contribution in [0.4, 0.5) is 5.69 Å². The number of nitrogens with one attached hydrogen (secondary N) is 2. The molecule has 0 bridgehead atoms. The summed E-state index contributed by atoms with van der Waals surface area (Å²) < 4.78 is 5.05. The highest BCUT2D eigenvalue weighted by atomic mass is 16.6. The van der Waals surface area contributed by atoms with E-state index in [2.05, 4.69) is 41.5 Å². The predicted octanol–water partition coefficient (Wildman–Crippen LogP) is 3.03. The van der Waals surface area contributed by atoms with E-state index in [4.69, 9.17) is 4.52 Å². The molecule has 0 aliphatic carbocycles. The standard InChI is InChI=1S/C23H25N5O5/c1-23(2,3)17-8-6-16(7-9-17)20-26-22(33-27-20)21(30)25-13-12-24-19(29)14-15-4-10-18(11-5-15)28(31)32/h4-11H,12-14H2,1-3H3,(H,24,29)(H,25,30). The lowest BCUT2D eigenvalue weighted by molar-refractivity contribution is -0.384. The molecule has 0 saturated carbocycles. The summed E-state index contributed by atoms with van der Waals surface area (Å²) in [7, 11) is 0. The summed E-state index contributed by atoms with van der Waals surface area (Å²) in [4.78, 5) is 38.5. The molecule has 3 rings (SSSR count). The van der Waals surface area contributed by atoms with Crippen LogP contribution in [-0.2, 0) is 16.6 Å². The molecule has 0 radical (unpaired) electrons. The maximum atomic E-state index is 12.2. The number of nitro groups is 1. The fourth-order valence-electron chi connectivity index (χ4n) is 2.99. The van der Waals surface area contributed by atoms with Crippen molar-refractivity contribution >= 4 is 17.5 Å². The summed E-state index contributed by atoms with van der Waals surface area (Å²) in [5.41, 5.74) is 2.55. The lowest BCUT2D eigenvalue weighted by Crippen LogP contribution is -2.35. The minimum Gasteiger partial charge on any atom is -0.354 e. The number of non-ortho nitro benzene ring substituents is 1. The van der Waals surface area contributed by atoms with Crippen LogP contribution in [0.15, 0.2) is 53.1 Å². The summed E-state index contributed by atoms with van der Waals surface area (Å²) >= 11 is 0. The second-order valence-electron chi connectivity index (χ2n) is 8.46. The minimum atomic E-state index is -0.537. The second kappa shape index (κ2) is 10.0. The fourth-order valence-corrected chi connectivity index (χ4v) is 2.99. The molecule has 10 nitrogen and oxygen atoms in total. The number of nitrogens with zero attached hydrogens (tertiary/aromatic N) is 3. The Hall–Kier alpha value is -4.08. The lowest BCUT2D eigenvalue weighted by Gasteiger charge is -2.18. The summed E-state index contributed by atoms with van der Waals surface area (Å²) in [5, 5.41) is 19.8. The van der Waals surface area contributed by atoms with Gasteiger partial charge in [-0.05, 0) is 16.5 Å². The Morgan fingerprint density at radius 3 is 2.24 bits per heavy atom. The zero-order chi connectivity index (χ0) is 24.0. The minimum absolute atomic E-state index is 0.0259. The molecular formula is C23H25N5O5. The van der Waals surface area contributed by atoms with Crippen molar-refractivity contribution in [3.05, 3.63) is 75.7 Å². The Kier molecular flexibility index (Phi) is 7.17. The molecule has 2 amide bonds. The third-order valence-corrected chi connectivity index (χ3v) is 4.87. The molecule has 0 fully saturated rings. The Morgan fingerprint density at radius 2 is 1.64 bits per heavy atom. The molecule has 3 aromatic rings. The third kappa shape index (κ3) is 6.45. The van der Waals surface area contributed by atoms with Crippen LogP contribution in [0, 0.1) is 10.1 Å². The van der Waals surface area contributed by atoms with Gasteiger partial charge in [0.15, 0.2) is 0 Å². The van der Waals surface area contributed by atoms with Crippen molar-refractivity contribution in [3.8, 4) is 11.4 Å². The van der Waals surface area contributed by atoms with Crippen LogP contribution in [-0.4, -0.2) is 40.0 Å². The molecule has 172 valence electrons. The normalized spacial score (nSPS) is 11.1. The van der Waals surface area contributed by atoms with Crippen LogP contribution in [0.5, 0.6) is 0 Å². The lowest BCUT2D eigenvalue weighted by atomic mass is 9.87. The zero-order valence-electron chi connectivity index (χ0n) is 18.6. The Bertz CT molecular complexity index is 1130. The van der Waals surface area contributed by atoms with Crippen molar-refractivity contribution in [1.29, 1.82) is 0 Å². The van der Waals surface area contributed by atoms with E-state index in [1.807, 2.05) is 24.3 Å². The number of rotatable bonds is 8. The quantitative estimate of drug-likeness (QED) is 0.305. The summed E-state index contributed by atoms with van der Waals surface area (Å²) in [6.07, 6.45) is 0.0764. The molecule has 0 saturated heterocycles. The summed E-state index contributed by atoms with van der Waals surface area (Å²) in [5.74, 6) is -0.652. The number of hydrogen-bond acceptors (Lipinski definition) is 7. The average molecular weight is 451 g/mol.